The number of unbranched alkanes of at least 4 members (excludes halogenated alkanes) is 3. The summed E-state index contributed by atoms with van der Waals surface area (Å²) >= 11 is 0. The van der Waals surface area contributed by atoms with Gasteiger partial charge in [0.25, 0.3) is 0 Å². The lowest BCUT2D eigenvalue weighted by Gasteiger charge is -2.21. The molecule has 0 fully saturated rings. The molecule has 0 saturated heterocycles. The summed E-state index contributed by atoms with van der Waals surface area (Å²) in [6, 6.07) is 7.93. The molecule has 1 unspecified atom stereocenters. The zero-order valence-corrected chi connectivity index (χ0v) is 15.1. The third kappa shape index (κ3) is 4.60. The molecule has 0 aliphatic heterocycles. The van der Waals surface area contributed by atoms with Crippen LogP contribution in [0.3, 0.4) is 0 Å². The van der Waals surface area contributed by atoms with Crippen molar-refractivity contribution in [3.63, 3.8) is 0 Å². The lowest BCUT2D eigenvalue weighted by Crippen LogP contribution is -2.31. The van der Waals surface area contributed by atoms with Gasteiger partial charge in [0, 0.05) is 17.4 Å². The Balaban J connectivity index is 2.03. The summed E-state index contributed by atoms with van der Waals surface area (Å²) in [5, 5.41) is 4.29. The minimum absolute atomic E-state index is 0.0889. The zero-order chi connectivity index (χ0) is 17.5. The summed E-state index contributed by atoms with van der Waals surface area (Å²) < 4.78 is 6.05. The molecule has 1 aromatic heterocycles. The maximum Gasteiger partial charge on any atom is 0.220 e. The van der Waals surface area contributed by atoms with E-state index in [4.69, 9.17) is 10.2 Å². The van der Waals surface area contributed by atoms with Crippen molar-refractivity contribution in [2.75, 3.05) is 6.54 Å². The van der Waals surface area contributed by atoms with Gasteiger partial charge in [-0.25, -0.2) is 0 Å². The highest BCUT2D eigenvalue weighted by molar-refractivity contribution is 5.82. The first-order chi connectivity index (χ1) is 11.5. The second-order valence-electron chi connectivity index (χ2n) is 6.83. The maximum absolute atomic E-state index is 12.3. The molecule has 2 rings (SSSR count). The van der Waals surface area contributed by atoms with Crippen molar-refractivity contribution < 1.29 is 9.21 Å². The van der Waals surface area contributed by atoms with Gasteiger partial charge in [0.15, 0.2) is 0 Å². The van der Waals surface area contributed by atoms with E-state index in [1.165, 1.54) is 0 Å². The first-order valence-electron chi connectivity index (χ1n) is 9.02. The van der Waals surface area contributed by atoms with Gasteiger partial charge >= 0.3 is 0 Å². The van der Waals surface area contributed by atoms with Crippen LogP contribution < -0.4 is 11.1 Å². The van der Waals surface area contributed by atoms with Crippen molar-refractivity contribution in [2.24, 2.45) is 11.7 Å². The van der Waals surface area contributed by atoms with Crippen LogP contribution >= 0.6 is 0 Å². The molecule has 24 heavy (non-hydrogen) atoms. The predicted molar refractivity (Wildman–Crippen MR) is 98.8 cm³/mol. The third-order valence-electron chi connectivity index (χ3n) is 4.50. The van der Waals surface area contributed by atoms with E-state index in [2.05, 4.69) is 32.2 Å². The molecule has 0 aliphatic carbocycles. The van der Waals surface area contributed by atoms with Crippen molar-refractivity contribution in [1.82, 2.24) is 5.32 Å². The molecule has 1 amide bonds. The molecule has 4 nitrogen and oxygen atoms in total. The lowest BCUT2D eigenvalue weighted by atomic mass is 9.98. The number of benzene rings is 1. The quantitative estimate of drug-likeness (QED) is 0.667. The van der Waals surface area contributed by atoms with E-state index in [1.807, 2.05) is 18.2 Å². The average molecular weight is 330 g/mol. The average Bonchev–Trinajstić information content (AvgIpc) is 2.89. The molecule has 0 radical (unpaired) electrons. The van der Waals surface area contributed by atoms with Crippen LogP contribution in [0.1, 0.15) is 63.3 Å². The Hall–Kier alpha value is -1.81. The van der Waals surface area contributed by atoms with Crippen molar-refractivity contribution in [3.8, 4) is 0 Å². The summed E-state index contributed by atoms with van der Waals surface area (Å²) in [5.41, 5.74) is 7.49. The zero-order valence-electron chi connectivity index (χ0n) is 15.1. The molecule has 0 aliphatic rings. The normalized spacial score (nSPS) is 12.7. The molecule has 2 aromatic rings. The largest absolute Gasteiger partial charge is 0.459 e. The molecule has 0 saturated carbocycles. The highest BCUT2D eigenvalue weighted by Crippen LogP contribution is 2.32. The van der Waals surface area contributed by atoms with E-state index in [0.717, 1.165) is 54.5 Å². The molecule has 1 atom stereocenters. The van der Waals surface area contributed by atoms with Crippen molar-refractivity contribution in [2.45, 2.75) is 58.9 Å². The van der Waals surface area contributed by atoms with Crippen LogP contribution in [0.5, 0.6) is 0 Å². The molecule has 0 bridgehead atoms. The minimum atomic E-state index is -0.0889. The van der Waals surface area contributed by atoms with Crippen molar-refractivity contribution in [1.29, 1.82) is 0 Å². The number of hydrogen-bond donors (Lipinski definition) is 2. The Bertz CT molecular complexity index is 661. The SMILES string of the molecule is Cc1c(C(NC(=O)CCCCCCN)C(C)C)oc2ccccc12. The number of nitrogens with one attached hydrogen (secondary N) is 1. The number of carbonyl (C=O) groups is 1. The molecular formula is C20H30N2O2. The minimum Gasteiger partial charge on any atom is -0.459 e. The fourth-order valence-electron chi connectivity index (χ4n) is 3.05. The van der Waals surface area contributed by atoms with E-state index in [0.29, 0.717) is 6.42 Å². The lowest BCUT2D eigenvalue weighted by molar-refractivity contribution is -0.122. The predicted octanol–water partition coefficient (Wildman–Crippen LogP) is 4.46. The van der Waals surface area contributed by atoms with Crippen LogP contribution in [0, 0.1) is 12.8 Å². The summed E-state index contributed by atoms with van der Waals surface area (Å²) in [6.45, 7) is 7.01. The monoisotopic (exact) mass is 330 g/mol. The first-order valence-corrected chi connectivity index (χ1v) is 9.02. The molecular weight excluding hydrogens is 300 g/mol. The number of amides is 1. The van der Waals surface area contributed by atoms with E-state index < -0.39 is 0 Å². The van der Waals surface area contributed by atoms with Gasteiger partial charge in [0.2, 0.25) is 5.91 Å². The van der Waals surface area contributed by atoms with Gasteiger partial charge in [-0.1, -0.05) is 44.9 Å². The second-order valence-corrected chi connectivity index (χ2v) is 6.83. The van der Waals surface area contributed by atoms with Crippen LogP contribution in [0.15, 0.2) is 28.7 Å². The summed E-state index contributed by atoms with van der Waals surface area (Å²) in [7, 11) is 0. The van der Waals surface area contributed by atoms with Crippen LogP contribution in [0.4, 0.5) is 0 Å². The number of nitrogens with two attached hydrogens (primary N) is 1. The fourth-order valence-corrected chi connectivity index (χ4v) is 3.05. The highest BCUT2D eigenvalue weighted by atomic mass is 16.3. The number of para-hydroxylation sites is 1. The standard InChI is InChI=1S/C20H30N2O2/c1-14(2)19(22-18(23)12-6-4-5-9-13-21)20-15(3)16-10-7-8-11-17(16)24-20/h7-8,10-11,14,19H,4-6,9,12-13,21H2,1-3H3,(H,22,23). The van der Waals surface area contributed by atoms with E-state index >= 15 is 0 Å². The number of rotatable bonds is 9. The summed E-state index contributed by atoms with van der Waals surface area (Å²) in [4.78, 5) is 12.3. The van der Waals surface area contributed by atoms with Gasteiger partial charge in [-0.15, -0.1) is 0 Å². The number of hydrogen-bond acceptors (Lipinski definition) is 3. The number of fused-ring (bicyclic) bond motifs is 1. The summed E-state index contributed by atoms with van der Waals surface area (Å²) in [6.07, 6.45) is 4.66. The van der Waals surface area contributed by atoms with Crippen molar-refractivity contribution in [3.05, 3.63) is 35.6 Å². The van der Waals surface area contributed by atoms with Crippen LogP contribution in [-0.2, 0) is 4.79 Å². The topological polar surface area (TPSA) is 68.3 Å². The molecule has 1 heterocycles. The van der Waals surface area contributed by atoms with E-state index in [1.54, 1.807) is 0 Å². The van der Waals surface area contributed by atoms with Crippen LogP contribution in [-0.4, -0.2) is 12.5 Å². The van der Waals surface area contributed by atoms with Gasteiger partial charge in [-0.3, -0.25) is 4.79 Å². The van der Waals surface area contributed by atoms with Crippen molar-refractivity contribution >= 4 is 16.9 Å². The Labute approximate surface area is 144 Å². The Morgan fingerprint density at radius 2 is 1.88 bits per heavy atom. The van der Waals surface area contributed by atoms with E-state index in [-0.39, 0.29) is 17.9 Å². The fraction of sp³-hybridized carbons (Fsp3) is 0.550. The van der Waals surface area contributed by atoms with Crippen LogP contribution in [0.2, 0.25) is 0 Å². The molecule has 4 heteroatoms. The maximum atomic E-state index is 12.3. The Morgan fingerprint density at radius 1 is 1.17 bits per heavy atom. The van der Waals surface area contributed by atoms with Gasteiger partial charge in [0.1, 0.15) is 11.3 Å². The molecule has 132 valence electrons. The molecule has 0 spiro atoms. The third-order valence-corrected chi connectivity index (χ3v) is 4.50. The van der Waals surface area contributed by atoms with Gasteiger partial charge in [-0.05, 0) is 38.3 Å². The van der Waals surface area contributed by atoms with Crippen LogP contribution in [0.25, 0.3) is 11.0 Å². The number of carbonyl (C=O) groups excluding carboxylic acids is 1. The number of furan rings is 1. The Morgan fingerprint density at radius 3 is 2.54 bits per heavy atom. The smallest absolute Gasteiger partial charge is 0.220 e. The van der Waals surface area contributed by atoms with Gasteiger partial charge in [-0.2, -0.15) is 0 Å². The van der Waals surface area contributed by atoms with Gasteiger partial charge < -0.3 is 15.5 Å². The van der Waals surface area contributed by atoms with Gasteiger partial charge in [0.05, 0.1) is 6.04 Å². The molecule has 3 N–H and O–H groups in total. The Kier molecular flexibility index (Phi) is 6.85. The van der Waals surface area contributed by atoms with E-state index in [9.17, 15) is 4.79 Å². The highest BCUT2D eigenvalue weighted by Gasteiger charge is 2.24. The number of aryl methyl sites for hydroxylation is 1. The summed E-state index contributed by atoms with van der Waals surface area (Å²) in [5.74, 6) is 1.24. The first kappa shape index (κ1) is 18.5. The molecule has 1 aromatic carbocycles. The second kappa shape index (κ2) is 8.88.